The first kappa shape index (κ1) is 13.6. The van der Waals surface area contributed by atoms with Gasteiger partial charge in [0.25, 0.3) is 0 Å². The number of alkyl halides is 2. The van der Waals surface area contributed by atoms with Crippen LogP contribution in [0.1, 0.15) is 5.56 Å². The van der Waals surface area contributed by atoms with Crippen LogP contribution in [-0.4, -0.2) is 6.61 Å². The van der Waals surface area contributed by atoms with Crippen LogP contribution in [0, 0.1) is 11.3 Å². The van der Waals surface area contributed by atoms with Crippen LogP contribution in [0.25, 0.3) is 0 Å². The second kappa shape index (κ2) is 5.89. The third-order valence-corrected chi connectivity index (χ3v) is 2.54. The summed E-state index contributed by atoms with van der Waals surface area (Å²) < 4.78 is 29.0. The van der Waals surface area contributed by atoms with Crippen LogP contribution in [0.3, 0.4) is 0 Å². The molecule has 2 aromatic rings. The zero-order valence-corrected chi connectivity index (χ0v) is 10.3. The predicted octanol–water partition coefficient (Wildman–Crippen LogP) is 3.49. The van der Waals surface area contributed by atoms with Crippen molar-refractivity contribution >= 4 is 17.1 Å². The Morgan fingerprint density at radius 3 is 2.60 bits per heavy atom. The maximum Gasteiger partial charge on any atom is 0.387 e. The molecule has 0 aliphatic rings. The third kappa shape index (κ3) is 3.14. The molecule has 0 radical (unpaired) electrons. The smallest absolute Gasteiger partial charge is 0.387 e. The van der Waals surface area contributed by atoms with Gasteiger partial charge in [0, 0.05) is 5.69 Å². The van der Waals surface area contributed by atoms with Gasteiger partial charge < -0.3 is 15.8 Å². The SMILES string of the molecule is N#Cc1cc(N)ccc1Nc1ccccc1OC(F)F. The number of ether oxygens (including phenoxy) is 1. The van der Waals surface area contributed by atoms with Crippen molar-refractivity contribution in [3.05, 3.63) is 48.0 Å². The molecular formula is C14H11F2N3O. The number of hydrogen-bond donors (Lipinski definition) is 2. The summed E-state index contributed by atoms with van der Waals surface area (Å²) >= 11 is 0. The fourth-order valence-electron chi connectivity index (χ4n) is 1.68. The minimum absolute atomic E-state index is 0.00298. The first-order valence-corrected chi connectivity index (χ1v) is 5.70. The molecule has 102 valence electrons. The quantitative estimate of drug-likeness (QED) is 0.838. The molecule has 0 amide bonds. The first-order valence-electron chi connectivity index (χ1n) is 5.70. The van der Waals surface area contributed by atoms with Crippen LogP contribution >= 0.6 is 0 Å². The number of benzene rings is 2. The standard InChI is InChI=1S/C14H11F2N3O/c15-14(16)20-13-4-2-1-3-12(13)19-11-6-5-10(18)7-9(11)8-17/h1-7,14,19H,18H2. The molecule has 0 bridgehead atoms. The number of para-hydroxylation sites is 2. The molecule has 0 aliphatic carbocycles. The summed E-state index contributed by atoms with van der Waals surface area (Å²) in [5.41, 5.74) is 7.16. The van der Waals surface area contributed by atoms with Gasteiger partial charge in [0.2, 0.25) is 0 Å². The number of halogens is 2. The van der Waals surface area contributed by atoms with Crippen LogP contribution < -0.4 is 15.8 Å². The third-order valence-electron chi connectivity index (χ3n) is 2.54. The number of hydrogen-bond acceptors (Lipinski definition) is 4. The normalized spacial score (nSPS) is 10.1. The number of rotatable bonds is 4. The molecule has 0 atom stereocenters. The van der Waals surface area contributed by atoms with Gasteiger partial charge in [0.15, 0.2) is 0 Å². The summed E-state index contributed by atoms with van der Waals surface area (Å²) in [6.45, 7) is -2.92. The van der Waals surface area contributed by atoms with Gasteiger partial charge in [0.1, 0.15) is 11.8 Å². The maximum absolute atomic E-state index is 12.3. The number of nitrogens with two attached hydrogens (primary N) is 1. The van der Waals surface area contributed by atoms with E-state index in [-0.39, 0.29) is 5.75 Å². The van der Waals surface area contributed by atoms with Crippen molar-refractivity contribution in [3.63, 3.8) is 0 Å². The van der Waals surface area contributed by atoms with Gasteiger partial charge >= 0.3 is 6.61 Å². The van der Waals surface area contributed by atoms with Crippen molar-refractivity contribution in [3.8, 4) is 11.8 Å². The summed E-state index contributed by atoms with van der Waals surface area (Å²) in [4.78, 5) is 0. The van der Waals surface area contributed by atoms with E-state index in [0.29, 0.717) is 22.6 Å². The van der Waals surface area contributed by atoms with Crippen molar-refractivity contribution in [2.24, 2.45) is 0 Å². The number of nitrogens with one attached hydrogen (secondary N) is 1. The lowest BCUT2D eigenvalue weighted by molar-refractivity contribution is -0.0493. The van der Waals surface area contributed by atoms with E-state index in [0.717, 1.165) is 0 Å². The Morgan fingerprint density at radius 1 is 1.15 bits per heavy atom. The maximum atomic E-state index is 12.3. The lowest BCUT2D eigenvalue weighted by atomic mass is 10.1. The van der Waals surface area contributed by atoms with Crippen molar-refractivity contribution in [2.75, 3.05) is 11.1 Å². The molecule has 3 N–H and O–H groups in total. The largest absolute Gasteiger partial charge is 0.433 e. The lowest BCUT2D eigenvalue weighted by Gasteiger charge is -2.13. The Hall–Kier alpha value is -2.81. The molecule has 0 saturated heterocycles. The predicted molar refractivity (Wildman–Crippen MR) is 71.9 cm³/mol. The molecular weight excluding hydrogens is 264 g/mol. The van der Waals surface area contributed by atoms with Crippen molar-refractivity contribution in [1.82, 2.24) is 0 Å². The highest BCUT2D eigenvalue weighted by atomic mass is 19.3. The van der Waals surface area contributed by atoms with Crippen LogP contribution in [0.5, 0.6) is 5.75 Å². The van der Waals surface area contributed by atoms with Gasteiger partial charge in [-0.05, 0) is 30.3 Å². The van der Waals surface area contributed by atoms with Crippen molar-refractivity contribution in [2.45, 2.75) is 6.61 Å². The van der Waals surface area contributed by atoms with E-state index >= 15 is 0 Å². The first-order chi connectivity index (χ1) is 9.60. The number of anilines is 3. The van der Waals surface area contributed by atoms with Crippen LogP contribution in [-0.2, 0) is 0 Å². The molecule has 2 aromatic carbocycles. The van der Waals surface area contributed by atoms with E-state index in [1.807, 2.05) is 6.07 Å². The highest BCUT2D eigenvalue weighted by molar-refractivity contribution is 5.72. The minimum atomic E-state index is -2.92. The van der Waals surface area contributed by atoms with Gasteiger partial charge in [-0.3, -0.25) is 0 Å². The topological polar surface area (TPSA) is 71.1 Å². The van der Waals surface area contributed by atoms with E-state index in [2.05, 4.69) is 10.1 Å². The van der Waals surface area contributed by atoms with E-state index in [4.69, 9.17) is 11.0 Å². The summed E-state index contributed by atoms with van der Waals surface area (Å²) in [5, 5.41) is 11.9. The zero-order chi connectivity index (χ0) is 14.5. The molecule has 2 rings (SSSR count). The Kier molecular flexibility index (Phi) is 4.01. The van der Waals surface area contributed by atoms with Crippen LogP contribution in [0.15, 0.2) is 42.5 Å². The van der Waals surface area contributed by atoms with Crippen LogP contribution in [0.2, 0.25) is 0 Å². The summed E-state index contributed by atoms with van der Waals surface area (Å²) in [5.74, 6) is 0.00298. The Balaban J connectivity index is 2.33. The average molecular weight is 275 g/mol. The molecule has 0 spiro atoms. The highest BCUT2D eigenvalue weighted by Crippen LogP contribution is 2.30. The van der Waals surface area contributed by atoms with Gasteiger partial charge in [0.05, 0.1) is 16.9 Å². The molecule has 0 unspecified atom stereocenters. The second-order valence-corrected chi connectivity index (χ2v) is 3.92. The molecule has 0 aromatic heterocycles. The van der Waals surface area contributed by atoms with Crippen molar-refractivity contribution < 1.29 is 13.5 Å². The van der Waals surface area contributed by atoms with Gasteiger partial charge in [-0.1, -0.05) is 12.1 Å². The Morgan fingerprint density at radius 2 is 1.90 bits per heavy atom. The molecule has 0 heterocycles. The minimum Gasteiger partial charge on any atom is -0.433 e. The molecule has 0 fully saturated rings. The van der Waals surface area contributed by atoms with E-state index < -0.39 is 6.61 Å². The Bertz CT molecular complexity index is 653. The average Bonchev–Trinajstić information content (AvgIpc) is 2.42. The molecule has 4 nitrogen and oxygen atoms in total. The molecule has 0 aliphatic heterocycles. The lowest BCUT2D eigenvalue weighted by Crippen LogP contribution is -2.04. The second-order valence-electron chi connectivity index (χ2n) is 3.92. The van der Waals surface area contributed by atoms with Gasteiger partial charge in [-0.25, -0.2) is 0 Å². The number of nitriles is 1. The zero-order valence-electron chi connectivity index (χ0n) is 10.3. The van der Waals surface area contributed by atoms with Gasteiger partial charge in [-0.2, -0.15) is 14.0 Å². The summed E-state index contributed by atoms with van der Waals surface area (Å²) in [7, 11) is 0. The van der Waals surface area contributed by atoms with E-state index in [1.165, 1.54) is 12.1 Å². The molecule has 6 heteroatoms. The summed E-state index contributed by atoms with van der Waals surface area (Å²) in [6.07, 6.45) is 0. The molecule has 0 saturated carbocycles. The van der Waals surface area contributed by atoms with Crippen molar-refractivity contribution in [1.29, 1.82) is 5.26 Å². The van der Waals surface area contributed by atoms with Crippen LogP contribution in [0.4, 0.5) is 25.8 Å². The number of nitrogens with zero attached hydrogens (tertiary/aromatic N) is 1. The fraction of sp³-hybridized carbons (Fsp3) is 0.0714. The van der Waals surface area contributed by atoms with E-state index in [1.54, 1.807) is 30.3 Å². The highest BCUT2D eigenvalue weighted by Gasteiger charge is 2.10. The van der Waals surface area contributed by atoms with Gasteiger partial charge in [-0.15, -0.1) is 0 Å². The number of nitrogen functional groups attached to an aromatic ring is 1. The summed E-state index contributed by atoms with van der Waals surface area (Å²) in [6, 6.07) is 12.9. The monoisotopic (exact) mass is 275 g/mol. The van der Waals surface area contributed by atoms with E-state index in [9.17, 15) is 8.78 Å². The molecule has 20 heavy (non-hydrogen) atoms. The fourth-order valence-corrected chi connectivity index (χ4v) is 1.68. The Labute approximate surface area is 114 Å².